The number of rotatable bonds is 8. The molecule has 7 heteroatoms. The third-order valence-electron chi connectivity index (χ3n) is 6.97. The zero-order valence-corrected chi connectivity index (χ0v) is 17.9. The molecule has 2 saturated heterocycles. The van der Waals surface area contributed by atoms with Gasteiger partial charge in [0.2, 0.25) is 11.8 Å². The van der Waals surface area contributed by atoms with E-state index < -0.39 is 0 Å². The molecule has 4 rings (SSSR count). The SMILES string of the molecule is O=C(CCC1CCCC1)N1CCC(CN2CC(COc3ncccn3)CC2=O)CC1. The number of ether oxygens (including phenoxy) is 1. The fourth-order valence-electron chi connectivity index (χ4n) is 5.16. The van der Waals surface area contributed by atoms with E-state index in [1.165, 1.54) is 25.7 Å². The Morgan fingerprint density at radius 3 is 2.50 bits per heavy atom. The monoisotopic (exact) mass is 414 g/mol. The van der Waals surface area contributed by atoms with Gasteiger partial charge in [-0.3, -0.25) is 9.59 Å². The predicted octanol–water partition coefficient (Wildman–Crippen LogP) is 2.91. The Kier molecular flexibility index (Phi) is 7.18. The highest BCUT2D eigenvalue weighted by Crippen LogP contribution is 2.29. The van der Waals surface area contributed by atoms with E-state index in [0.717, 1.165) is 51.4 Å². The predicted molar refractivity (Wildman–Crippen MR) is 113 cm³/mol. The molecule has 3 aliphatic rings. The summed E-state index contributed by atoms with van der Waals surface area (Å²) >= 11 is 0. The highest BCUT2D eigenvalue weighted by Gasteiger charge is 2.33. The lowest BCUT2D eigenvalue weighted by molar-refractivity contribution is -0.134. The maximum Gasteiger partial charge on any atom is 0.316 e. The molecule has 30 heavy (non-hydrogen) atoms. The number of likely N-dealkylation sites (tertiary alicyclic amines) is 2. The molecule has 0 N–H and O–H groups in total. The maximum absolute atomic E-state index is 12.5. The number of carbonyl (C=O) groups excluding carboxylic acids is 2. The molecule has 1 aromatic rings. The van der Waals surface area contributed by atoms with Crippen molar-refractivity contribution in [2.75, 3.05) is 32.8 Å². The van der Waals surface area contributed by atoms with Gasteiger partial charge in [-0.2, -0.15) is 0 Å². The summed E-state index contributed by atoms with van der Waals surface area (Å²) in [6.07, 6.45) is 12.9. The minimum Gasteiger partial charge on any atom is -0.463 e. The van der Waals surface area contributed by atoms with Gasteiger partial charge in [0, 0.05) is 57.3 Å². The topological polar surface area (TPSA) is 75.6 Å². The first-order valence-corrected chi connectivity index (χ1v) is 11.6. The van der Waals surface area contributed by atoms with Gasteiger partial charge in [-0.1, -0.05) is 25.7 Å². The zero-order chi connectivity index (χ0) is 20.8. The lowest BCUT2D eigenvalue weighted by Crippen LogP contribution is -2.42. The second-order valence-electron chi connectivity index (χ2n) is 9.22. The molecule has 1 aliphatic carbocycles. The molecular formula is C23H34N4O3. The smallest absolute Gasteiger partial charge is 0.316 e. The van der Waals surface area contributed by atoms with Crippen LogP contribution in [0.3, 0.4) is 0 Å². The highest BCUT2D eigenvalue weighted by atomic mass is 16.5. The van der Waals surface area contributed by atoms with Crippen LogP contribution in [0.15, 0.2) is 18.5 Å². The molecule has 1 unspecified atom stereocenters. The van der Waals surface area contributed by atoms with Gasteiger partial charge in [-0.15, -0.1) is 0 Å². The van der Waals surface area contributed by atoms with Gasteiger partial charge in [0.1, 0.15) is 0 Å². The fourth-order valence-corrected chi connectivity index (χ4v) is 5.16. The number of hydrogen-bond donors (Lipinski definition) is 0. The molecule has 3 fully saturated rings. The number of aromatic nitrogens is 2. The van der Waals surface area contributed by atoms with Crippen molar-refractivity contribution in [1.29, 1.82) is 0 Å². The summed E-state index contributed by atoms with van der Waals surface area (Å²) < 4.78 is 5.63. The van der Waals surface area contributed by atoms with Gasteiger partial charge < -0.3 is 14.5 Å². The summed E-state index contributed by atoms with van der Waals surface area (Å²) in [4.78, 5) is 37.1. The average molecular weight is 415 g/mol. The van der Waals surface area contributed by atoms with Crippen LogP contribution in [0, 0.1) is 17.8 Å². The molecule has 0 spiro atoms. The summed E-state index contributed by atoms with van der Waals surface area (Å²) in [5.74, 6) is 2.01. The van der Waals surface area contributed by atoms with E-state index in [0.29, 0.717) is 37.3 Å². The Balaban J connectivity index is 1.15. The Morgan fingerprint density at radius 1 is 1.03 bits per heavy atom. The number of hydrogen-bond acceptors (Lipinski definition) is 5. The van der Waals surface area contributed by atoms with Crippen LogP contribution >= 0.6 is 0 Å². The quantitative estimate of drug-likeness (QED) is 0.654. The summed E-state index contributed by atoms with van der Waals surface area (Å²) in [6, 6.07) is 2.12. The van der Waals surface area contributed by atoms with Crippen molar-refractivity contribution in [3.05, 3.63) is 18.5 Å². The van der Waals surface area contributed by atoms with E-state index in [1.54, 1.807) is 18.5 Å². The van der Waals surface area contributed by atoms with Crippen molar-refractivity contribution in [2.45, 2.75) is 57.8 Å². The Hall–Kier alpha value is -2.18. The highest BCUT2D eigenvalue weighted by molar-refractivity contribution is 5.78. The van der Waals surface area contributed by atoms with E-state index in [-0.39, 0.29) is 11.8 Å². The summed E-state index contributed by atoms with van der Waals surface area (Å²) in [7, 11) is 0. The molecule has 7 nitrogen and oxygen atoms in total. The summed E-state index contributed by atoms with van der Waals surface area (Å²) in [6.45, 7) is 3.70. The molecular weight excluding hydrogens is 380 g/mol. The molecule has 0 bridgehead atoms. The van der Waals surface area contributed by atoms with Crippen LogP contribution in [0.4, 0.5) is 0 Å². The molecule has 1 saturated carbocycles. The van der Waals surface area contributed by atoms with Crippen molar-refractivity contribution in [1.82, 2.24) is 19.8 Å². The van der Waals surface area contributed by atoms with Crippen LogP contribution in [0.1, 0.15) is 57.8 Å². The number of piperidine rings is 1. The van der Waals surface area contributed by atoms with Crippen molar-refractivity contribution < 1.29 is 14.3 Å². The van der Waals surface area contributed by atoms with Crippen molar-refractivity contribution >= 4 is 11.8 Å². The standard InChI is InChI=1S/C23H34N4O3/c28-21(7-6-18-4-1-2-5-18)26-12-8-19(9-13-26)15-27-16-20(14-22(27)29)17-30-23-24-10-3-11-25-23/h3,10-11,18-20H,1-2,4-9,12-17H2. The van der Waals surface area contributed by atoms with E-state index in [1.807, 2.05) is 9.80 Å². The van der Waals surface area contributed by atoms with Crippen LogP contribution in [0.2, 0.25) is 0 Å². The summed E-state index contributed by atoms with van der Waals surface area (Å²) in [5.41, 5.74) is 0. The molecule has 0 radical (unpaired) electrons. The second-order valence-corrected chi connectivity index (χ2v) is 9.22. The van der Waals surface area contributed by atoms with E-state index >= 15 is 0 Å². The first-order chi connectivity index (χ1) is 14.7. The molecule has 0 aromatic carbocycles. The van der Waals surface area contributed by atoms with Crippen LogP contribution in [0.25, 0.3) is 0 Å². The molecule has 3 heterocycles. The van der Waals surface area contributed by atoms with Gasteiger partial charge in [0.05, 0.1) is 6.61 Å². The molecule has 2 aliphatic heterocycles. The molecule has 2 amide bonds. The van der Waals surface area contributed by atoms with Crippen LogP contribution < -0.4 is 4.74 Å². The Morgan fingerprint density at radius 2 is 1.77 bits per heavy atom. The average Bonchev–Trinajstić information content (AvgIpc) is 3.42. The van der Waals surface area contributed by atoms with Gasteiger partial charge in [0.15, 0.2) is 0 Å². The lowest BCUT2D eigenvalue weighted by Gasteiger charge is -2.34. The van der Waals surface area contributed by atoms with Crippen molar-refractivity contribution in [3.63, 3.8) is 0 Å². The van der Waals surface area contributed by atoms with Crippen LogP contribution in [-0.2, 0) is 9.59 Å². The lowest BCUT2D eigenvalue weighted by atomic mass is 9.95. The van der Waals surface area contributed by atoms with Gasteiger partial charge >= 0.3 is 6.01 Å². The van der Waals surface area contributed by atoms with E-state index in [2.05, 4.69) is 9.97 Å². The normalized spacial score (nSPS) is 23.3. The largest absolute Gasteiger partial charge is 0.463 e. The first-order valence-electron chi connectivity index (χ1n) is 11.6. The van der Waals surface area contributed by atoms with Crippen molar-refractivity contribution in [3.8, 4) is 6.01 Å². The van der Waals surface area contributed by atoms with Crippen molar-refractivity contribution in [2.24, 2.45) is 17.8 Å². The van der Waals surface area contributed by atoms with Gasteiger partial charge in [0.25, 0.3) is 0 Å². The molecule has 164 valence electrons. The van der Waals surface area contributed by atoms with Gasteiger partial charge in [-0.05, 0) is 37.2 Å². The fraction of sp³-hybridized carbons (Fsp3) is 0.739. The number of carbonyl (C=O) groups is 2. The second kappa shape index (κ2) is 10.2. The minimum absolute atomic E-state index is 0.193. The van der Waals surface area contributed by atoms with Gasteiger partial charge in [-0.25, -0.2) is 9.97 Å². The number of amides is 2. The number of nitrogens with zero attached hydrogens (tertiary/aromatic N) is 4. The maximum atomic E-state index is 12.5. The Bertz CT molecular complexity index is 700. The summed E-state index contributed by atoms with van der Waals surface area (Å²) in [5, 5.41) is 0. The van der Waals surface area contributed by atoms with E-state index in [4.69, 9.17) is 4.74 Å². The minimum atomic E-state index is 0.193. The molecule has 1 atom stereocenters. The van der Waals surface area contributed by atoms with Crippen LogP contribution in [-0.4, -0.2) is 64.4 Å². The van der Waals surface area contributed by atoms with E-state index in [9.17, 15) is 9.59 Å². The first kappa shape index (κ1) is 21.1. The zero-order valence-electron chi connectivity index (χ0n) is 17.9. The molecule has 1 aromatic heterocycles. The Labute approximate surface area is 179 Å². The third-order valence-corrected chi connectivity index (χ3v) is 6.97. The third kappa shape index (κ3) is 5.70. The van der Waals surface area contributed by atoms with Crippen LogP contribution in [0.5, 0.6) is 6.01 Å².